The van der Waals surface area contributed by atoms with Gasteiger partial charge in [-0.2, -0.15) is 0 Å². The van der Waals surface area contributed by atoms with Crippen LogP contribution in [-0.4, -0.2) is 0 Å². The van der Waals surface area contributed by atoms with Crippen LogP contribution < -0.4 is 0 Å². The summed E-state index contributed by atoms with van der Waals surface area (Å²) in [5.41, 5.74) is 0. The highest BCUT2D eigenvalue weighted by atomic mass is 32.1. The molecular formula is C24H16S6. The molecule has 0 saturated heterocycles. The Balaban J connectivity index is 0.000000161. The summed E-state index contributed by atoms with van der Waals surface area (Å²) in [6, 6.07) is 26.0. The highest BCUT2D eigenvalue weighted by Crippen LogP contribution is 2.41. The quantitative estimate of drug-likeness (QED) is 0.228. The number of hydrogen-bond acceptors (Lipinski definition) is 6. The molecule has 0 aliphatic rings. The normalized spacial score (nSPS) is 10.7. The number of thiophene rings is 6. The molecule has 148 valence electrons. The van der Waals surface area contributed by atoms with Gasteiger partial charge >= 0.3 is 0 Å². The van der Waals surface area contributed by atoms with Crippen molar-refractivity contribution in [3.8, 4) is 39.0 Å². The van der Waals surface area contributed by atoms with Crippen LogP contribution in [0.25, 0.3) is 39.0 Å². The smallest absolute Gasteiger partial charge is 0.0449 e. The van der Waals surface area contributed by atoms with Crippen LogP contribution >= 0.6 is 68.0 Å². The van der Waals surface area contributed by atoms with Gasteiger partial charge in [-0.3, -0.25) is 0 Å². The molecule has 0 unspecified atom stereocenters. The number of rotatable bonds is 4. The molecule has 0 radical (unpaired) electrons. The predicted octanol–water partition coefficient (Wildman–Crippen LogP) is 10.4. The van der Waals surface area contributed by atoms with E-state index in [1.165, 1.54) is 39.0 Å². The Bertz CT molecular complexity index is 1160. The molecule has 0 aliphatic carbocycles. The summed E-state index contributed by atoms with van der Waals surface area (Å²) in [6.07, 6.45) is 0. The van der Waals surface area contributed by atoms with Crippen LogP contribution in [0.5, 0.6) is 0 Å². The fraction of sp³-hybridized carbons (Fsp3) is 0. The predicted molar refractivity (Wildman–Crippen MR) is 142 cm³/mol. The average molecular weight is 497 g/mol. The van der Waals surface area contributed by atoms with Crippen molar-refractivity contribution in [2.24, 2.45) is 0 Å². The van der Waals surface area contributed by atoms with Gasteiger partial charge in [-0.25, -0.2) is 0 Å². The highest BCUT2D eigenvalue weighted by molar-refractivity contribution is 7.28. The fourth-order valence-corrected chi connectivity index (χ4v) is 8.23. The van der Waals surface area contributed by atoms with Gasteiger partial charge in [0.05, 0.1) is 0 Å². The van der Waals surface area contributed by atoms with Crippen molar-refractivity contribution < 1.29 is 0 Å². The van der Waals surface area contributed by atoms with Crippen molar-refractivity contribution in [3.05, 3.63) is 94.3 Å². The van der Waals surface area contributed by atoms with Crippen LogP contribution in [0, 0.1) is 0 Å². The Morgan fingerprint density at radius 1 is 0.300 bits per heavy atom. The Kier molecular flexibility index (Phi) is 6.41. The lowest BCUT2D eigenvalue weighted by atomic mass is 10.3. The SMILES string of the molecule is c1csc(-c2ccc(-c3ccc(-c4cccs4)s3)s2)c1.c1csc(-c2cccs2)c1. The first-order valence-electron chi connectivity index (χ1n) is 9.22. The zero-order chi connectivity index (χ0) is 20.2. The molecule has 6 rings (SSSR count). The molecule has 6 aromatic rings. The van der Waals surface area contributed by atoms with Crippen molar-refractivity contribution in [1.82, 2.24) is 0 Å². The second kappa shape index (κ2) is 9.56. The molecule has 0 aromatic carbocycles. The van der Waals surface area contributed by atoms with Crippen LogP contribution in [-0.2, 0) is 0 Å². The van der Waals surface area contributed by atoms with Crippen LogP contribution in [0.3, 0.4) is 0 Å². The van der Waals surface area contributed by atoms with Gasteiger partial charge in [0.25, 0.3) is 0 Å². The minimum atomic E-state index is 1.36. The second-order valence-electron chi connectivity index (χ2n) is 6.24. The van der Waals surface area contributed by atoms with E-state index in [4.69, 9.17) is 0 Å². The molecule has 6 aromatic heterocycles. The molecule has 0 bridgehead atoms. The maximum atomic E-state index is 2.24. The largest absolute Gasteiger partial charge is 0.143 e. The van der Waals surface area contributed by atoms with E-state index < -0.39 is 0 Å². The van der Waals surface area contributed by atoms with Crippen LogP contribution in [0.4, 0.5) is 0 Å². The van der Waals surface area contributed by atoms with Gasteiger partial charge in [0.1, 0.15) is 0 Å². The van der Waals surface area contributed by atoms with Gasteiger partial charge in [0.2, 0.25) is 0 Å². The van der Waals surface area contributed by atoms with Gasteiger partial charge < -0.3 is 0 Å². The molecule has 30 heavy (non-hydrogen) atoms. The van der Waals surface area contributed by atoms with E-state index in [0.717, 1.165) is 0 Å². The standard InChI is InChI=1S/C16H10S4.C8H6S2/c1-3-11(17-9-1)13-5-7-15(19-13)16-8-6-14(20-16)12-4-2-10-18-12;1-3-7(9-5-1)8-4-2-6-10-8/h1-10H;1-6H. The summed E-state index contributed by atoms with van der Waals surface area (Å²) in [5, 5.41) is 8.48. The molecule has 6 heterocycles. The van der Waals surface area contributed by atoms with Gasteiger partial charge in [-0.05, 0) is 70.1 Å². The Morgan fingerprint density at radius 2 is 0.567 bits per heavy atom. The topological polar surface area (TPSA) is 0 Å². The molecule has 0 amide bonds. The molecule has 0 aliphatic heterocycles. The third-order valence-electron chi connectivity index (χ3n) is 4.27. The summed E-state index contributed by atoms with van der Waals surface area (Å²) in [5.74, 6) is 0. The minimum Gasteiger partial charge on any atom is -0.143 e. The zero-order valence-corrected chi connectivity index (χ0v) is 20.6. The summed E-state index contributed by atoms with van der Waals surface area (Å²) in [4.78, 5) is 10.9. The molecule has 0 fully saturated rings. The Labute approximate surface area is 200 Å². The van der Waals surface area contributed by atoms with Crippen molar-refractivity contribution in [3.63, 3.8) is 0 Å². The van der Waals surface area contributed by atoms with Crippen molar-refractivity contribution in [1.29, 1.82) is 0 Å². The average Bonchev–Trinajstić information content (AvgIpc) is 3.64. The third-order valence-corrected chi connectivity index (χ3v) is 10.7. The number of hydrogen-bond donors (Lipinski definition) is 0. The van der Waals surface area contributed by atoms with E-state index in [0.29, 0.717) is 0 Å². The van der Waals surface area contributed by atoms with E-state index >= 15 is 0 Å². The molecule has 6 heteroatoms. The summed E-state index contributed by atoms with van der Waals surface area (Å²) >= 11 is 10.9. The second-order valence-corrected chi connectivity index (χ2v) is 12.2. The highest BCUT2D eigenvalue weighted by Gasteiger charge is 2.09. The maximum absolute atomic E-state index is 2.24. The molecule has 0 atom stereocenters. The van der Waals surface area contributed by atoms with E-state index in [2.05, 4.69) is 94.3 Å². The van der Waals surface area contributed by atoms with Gasteiger partial charge in [0.15, 0.2) is 0 Å². The monoisotopic (exact) mass is 496 g/mol. The van der Waals surface area contributed by atoms with Crippen LogP contribution in [0.15, 0.2) is 94.3 Å². The molecule has 0 N–H and O–H groups in total. The van der Waals surface area contributed by atoms with E-state index in [1.807, 2.05) is 22.7 Å². The van der Waals surface area contributed by atoms with Crippen LogP contribution in [0.1, 0.15) is 0 Å². The van der Waals surface area contributed by atoms with E-state index in [1.54, 1.807) is 45.3 Å². The van der Waals surface area contributed by atoms with E-state index in [-0.39, 0.29) is 0 Å². The first-order chi connectivity index (χ1) is 14.9. The Morgan fingerprint density at radius 3 is 0.833 bits per heavy atom. The maximum Gasteiger partial charge on any atom is 0.0449 e. The summed E-state index contributed by atoms with van der Waals surface area (Å²) < 4.78 is 0. The summed E-state index contributed by atoms with van der Waals surface area (Å²) in [7, 11) is 0. The first kappa shape index (κ1) is 20.1. The molecular weight excluding hydrogens is 481 g/mol. The van der Waals surface area contributed by atoms with Crippen molar-refractivity contribution in [2.75, 3.05) is 0 Å². The van der Waals surface area contributed by atoms with Gasteiger partial charge in [-0.1, -0.05) is 24.3 Å². The summed E-state index contributed by atoms with van der Waals surface area (Å²) in [6.45, 7) is 0. The minimum absolute atomic E-state index is 1.36. The third kappa shape index (κ3) is 4.59. The van der Waals surface area contributed by atoms with E-state index in [9.17, 15) is 0 Å². The van der Waals surface area contributed by atoms with Gasteiger partial charge in [-0.15, -0.1) is 68.0 Å². The lowest BCUT2D eigenvalue weighted by Gasteiger charge is -1.91. The lowest BCUT2D eigenvalue weighted by molar-refractivity contribution is 1.90. The Hall–Kier alpha value is -1.80. The van der Waals surface area contributed by atoms with Crippen molar-refractivity contribution in [2.45, 2.75) is 0 Å². The zero-order valence-electron chi connectivity index (χ0n) is 15.7. The lowest BCUT2D eigenvalue weighted by Crippen LogP contribution is -1.58. The van der Waals surface area contributed by atoms with Crippen LogP contribution in [0.2, 0.25) is 0 Å². The fourth-order valence-electron chi connectivity index (χ4n) is 2.88. The molecule has 0 nitrogen and oxygen atoms in total. The molecule has 0 saturated carbocycles. The van der Waals surface area contributed by atoms with Crippen molar-refractivity contribution >= 4 is 68.0 Å². The molecule has 0 spiro atoms. The van der Waals surface area contributed by atoms with Gasteiger partial charge in [0, 0.05) is 39.0 Å². The first-order valence-corrected chi connectivity index (χ1v) is 14.4.